The van der Waals surface area contributed by atoms with Crippen LogP contribution in [0.25, 0.3) is 0 Å². The lowest BCUT2D eigenvalue weighted by molar-refractivity contribution is 0.0694. The molecule has 0 aliphatic heterocycles. The van der Waals surface area contributed by atoms with Gasteiger partial charge >= 0.3 is 5.97 Å². The van der Waals surface area contributed by atoms with E-state index in [1.165, 1.54) is 6.07 Å². The highest BCUT2D eigenvalue weighted by molar-refractivity contribution is 5.90. The number of carbonyl (C=O) groups is 1. The number of benzene rings is 1. The average Bonchev–Trinajstić information content (AvgIpc) is 2.20. The highest BCUT2D eigenvalue weighted by Gasteiger charge is 2.21. The molecular formula is C13H19NO3. The first kappa shape index (κ1) is 13.5. The number of phenolic OH excluding ortho intramolecular Hbond substituents is 1. The van der Waals surface area contributed by atoms with Crippen molar-refractivity contribution in [2.45, 2.75) is 33.2 Å². The summed E-state index contributed by atoms with van der Waals surface area (Å²) in [4.78, 5) is 11.1. The smallest absolute Gasteiger partial charge is 0.336 e. The van der Waals surface area contributed by atoms with Crippen LogP contribution in [0.15, 0.2) is 12.1 Å². The minimum Gasteiger partial charge on any atom is -0.507 e. The van der Waals surface area contributed by atoms with Crippen LogP contribution < -0.4 is 5.73 Å². The second kappa shape index (κ2) is 5.19. The third kappa shape index (κ3) is 2.97. The van der Waals surface area contributed by atoms with E-state index in [1.54, 1.807) is 13.0 Å². The number of aryl methyl sites for hydroxylation is 1. The van der Waals surface area contributed by atoms with Crippen LogP contribution >= 0.6 is 0 Å². The fourth-order valence-electron chi connectivity index (χ4n) is 1.90. The monoisotopic (exact) mass is 237 g/mol. The van der Waals surface area contributed by atoms with Crippen molar-refractivity contribution in [3.05, 3.63) is 28.8 Å². The van der Waals surface area contributed by atoms with Crippen LogP contribution in [0.3, 0.4) is 0 Å². The molecule has 0 fully saturated rings. The molecule has 4 nitrogen and oxygen atoms in total. The Bertz CT molecular complexity index is 427. The quantitative estimate of drug-likeness (QED) is 0.751. The highest BCUT2D eigenvalue weighted by Crippen LogP contribution is 2.32. The standard InChI is InChI=1S/C13H19NO3/c1-7(2)6-10(14)11-9(13(16)17)5-4-8(3)12(11)15/h4-5,7,10,15H,6,14H2,1-3H3,(H,16,17)/t10-/m1/s1. The SMILES string of the molecule is Cc1ccc(C(=O)O)c([C@H](N)CC(C)C)c1O. The zero-order valence-electron chi connectivity index (χ0n) is 10.4. The molecule has 0 bridgehead atoms. The van der Waals surface area contributed by atoms with Gasteiger partial charge in [-0.15, -0.1) is 0 Å². The summed E-state index contributed by atoms with van der Waals surface area (Å²) < 4.78 is 0. The highest BCUT2D eigenvalue weighted by atomic mass is 16.4. The van der Waals surface area contributed by atoms with E-state index >= 15 is 0 Å². The Morgan fingerprint density at radius 3 is 2.47 bits per heavy atom. The molecule has 4 heteroatoms. The Labute approximate surface area is 101 Å². The summed E-state index contributed by atoms with van der Waals surface area (Å²) in [6.07, 6.45) is 0.636. The van der Waals surface area contributed by atoms with E-state index in [2.05, 4.69) is 0 Å². The largest absolute Gasteiger partial charge is 0.507 e. The van der Waals surface area contributed by atoms with Gasteiger partial charge in [0.15, 0.2) is 0 Å². The first-order chi connectivity index (χ1) is 7.84. The third-order valence-electron chi connectivity index (χ3n) is 2.75. The normalized spacial score (nSPS) is 12.8. The number of hydrogen-bond acceptors (Lipinski definition) is 3. The molecule has 0 unspecified atom stereocenters. The fourth-order valence-corrected chi connectivity index (χ4v) is 1.90. The Hall–Kier alpha value is -1.55. The molecule has 1 atom stereocenters. The molecule has 0 radical (unpaired) electrons. The van der Waals surface area contributed by atoms with Crippen LogP contribution in [0.4, 0.5) is 0 Å². The van der Waals surface area contributed by atoms with Gasteiger partial charge in [-0.1, -0.05) is 19.9 Å². The Morgan fingerprint density at radius 1 is 1.41 bits per heavy atom. The predicted octanol–water partition coefficient (Wildman–Crippen LogP) is 2.44. The molecule has 0 saturated heterocycles. The van der Waals surface area contributed by atoms with Crippen molar-refractivity contribution in [2.24, 2.45) is 11.7 Å². The van der Waals surface area contributed by atoms with Gasteiger partial charge in [-0.2, -0.15) is 0 Å². The van der Waals surface area contributed by atoms with Crippen molar-refractivity contribution in [1.82, 2.24) is 0 Å². The summed E-state index contributed by atoms with van der Waals surface area (Å²) in [5.41, 5.74) is 7.05. The van der Waals surface area contributed by atoms with E-state index in [-0.39, 0.29) is 11.3 Å². The number of hydrogen-bond donors (Lipinski definition) is 3. The van der Waals surface area contributed by atoms with Gasteiger partial charge in [-0.3, -0.25) is 0 Å². The molecule has 17 heavy (non-hydrogen) atoms. The van der Waals surface area contributed by atoms with Gasteiger partial charge in [0.25, 0.3) is 0 Å². The average molecular weight is 237 g/mol. The van der Waals surface area contributed by atoms with Gasteiger partial charge in [0.1, 0.15) is 5.75 Å². The van der Waals surface area contributed by atoms with Gasteiger partial charge in [-0.25, -0.2) is 4.79 Å². The van der Waals surface area contributed by atoms with E-state index in [0.29, 0.717) is 23.5 Å². The van der Waals surface area contributed by atoms with Crippen LogP contribution in [0.1, 0.15) is 47.8 Å². The van der Waals surface area contributed by atoms with Crippen molar-refractivity contribution in [3.8, 4) is 5.75 Å². The van der Waals surface area contributed by atoms with Crippen molar-refractivity contribution >= 4 is 5.97 Å². The lowest BCUT2D eigenvalue weighted by Gasteiger charge is -2.19. The van der Waals surface area contributed by atoms with E-state index < -0.39 is 12.0 Å². The number of aromatic carboxylic acids is 1. The van der Waals surface area contributed by atoms with E-state index in [1.807, 2.05) is 13.8 Å². The van der Waals surface area contributed by atoms with Crippen molar-refractivity contribution in [1.29, 1.82) is 0 Å². The zero-order valence-corrected chi connectivity index (χ0v) is 10.4. The van der Waals surface area contributed by atoms with Crippen molar-refractivity contribution < 1.29 is 15.0 Å². The summed E-state index contributed by atoms with van der Waals surface area (Å²) in [7, 11) is 0. The van der Waals surface area contributed by atoms with Crippen molar-refractivity contribution in [3.63, 3.8) is 0 Å². The van der Waals surface area contributed by atoms with Gasteiger partial charge < -0.3 is 15.9 Å². The summed E-state index contributed by atoms with van der Waals surface area (Å²) in [6.45, 7) is 5.74. The molecular weight excluding hydrogens is 218 g/mol. The number of rotatable bonds is 4. The van der Waals surface area contributed by atoms with Crippen molar-refractivity contribution in [2.75, 3.05) is 0 Å². The number of carboxylic acid groups (broad SMARTS) is 1. The summed E-state index contributed by atoms with van der Waals surface area (Å²) in [5.74, 6) is -0.723. The summed E-state index contributed by atoms with van der Waals surface area (Å²) in [6, 6.07) is 2.62. The molecule has 0 amide bonds. The molecule has 0 heterocycles. The van der Waals surface area contributed by atoms with E-state index in [4.69, 9.17) is 10.8 Å². The first-order valence-electron chi connectivity index (χ1n) is 5.66. The second-order valence-corrected chi connectivity index (χ2v) is 4.73. The predicted molar refractivity (Wildman–Crippen MR) is 66.2 cm³/mol. The lowest BCUT2D eigenvalue weighted by Crippen LogP contribution is -2.17. The van der Waals surface area contributed by atoms with Gasteiger partial charge in [-0.05, 0) is 30.9 Å². The Kier molecular flexibility index (Phi) is 4.12. The van der Waals surface area contributed by atoms with Crippen LogP contribution in [0.2, 0.25) is 0 Å². The summed E-state index contributed by atoms with van der Waals surface area (Å²) in [5, 5.41) is 19.1. The molecule has 4 N–H and O–H groups in total. The molecule has 0 spiro atoms. The van der Waals surface area contributed by atoms with Crippen LogP contribution in [0, 0.1) is 12.8 Å². The number of phenols is 1. The van der Waals surface area contributed by atoms with E-state index in [0.717, 1.165) is 0 Å². The molecule has 1 rings (SSSR count). The summed E-state index contributed by atoms with van der Waals surface area (Å²) >= 11 is 0. The number of nitrogens with two attached hydrogens (primary N) is 1. The Morgan fingerprint density at radius 2 is 2.00 bits per heavy atom. The molecule has 0 aromatic heterocycles. The minimum atomic E-state index is -1.06. The van der Waals surface area contributed by atoms with Gasteiger partial charge in [0, 0.05) is 11.6 Å². The fraction of sp³-hybridized carbons (Fsp3) is 0.462. The van der Waals surface area contributed by atoms with Crippen LogP contribution in [-0.2, 0) is 0 Å². The molecule has 0 aliphatic carbocycles. The third-order valence-corrected chi connectivity index (χ3v) is 2.75. The zero-order chi connectivity index (χ0) is 13.2. The number of carboxylic acids is 1. The van der Waals surface area contributed by atoms with E-state index in [9.17, 15) is 9.90 Å². The molecule has 1 aromatic rings. The molecule has 0 aliphatic rings. The maximum absolute atomic E-state index is 11.1. The lowest BCUT2D eigenvalue weighted by atomic mass is 9.91. The second-order valence-electron chi connectivity index (χ2n) is 4.73. The molecule has 1 aromatic carbocycles. The first-order valence-corrected chi connectivity index (χ1v) is 5.66. The topological polar surface area (TPSA) is 83.5 Å². The maximum atomic E-state index is 11.1. The van der Waals surface area contributed by atoms with Gasteiger partial charge in [0.2, 0.25) is 0 Å². The molecule has 94 valence electrons. The van der Waals surface area contributed by atoms with Crippen LogP contribution in [-0.4, -0.2) is 16.2 Å². The minimum absolute atomic E-state index is 0.00181. The molecule has 0 saturated carbocycles. The maximum Gasteiger partial charge on any atom is 0.336 e. The number of aromatic hydroxyl groups is 1. The van der Waals surface area contributed by atoms with Crippen LogP contribution in [0.5, 0.6) is 5.75 Å². The Balaban J connectivity index is 3.27. The van der Waals surface area contributed by atoms with Gasteiger partial charge in [0.05, 0.1) is 5.56 Å².